The first-order valence-corrected chi connectivity index (χ1v) is 11.8. The number of carbonyl (C=O) groups is 3. The molecule has 0 unspecified atom stereocenters. The van der Waals surface area contributed by atoms with E-state index in [1.54, 1.807) is 42.5 Å². The molecule has 2 aromatic carbocycles. The molecule has 156 valence electrons. The number of nitrogens with one attached hydrogen (secondary N) is 1. The summed E-state index contributed by atoms with van der Waals surface area (Å²) < 4.78 is 0. The van der Waals surface area contributed by atoms with Crippen molar-refractivity contribution in [2.24, 2.45) is 11.8 Å². The molecule has 2 aromatic rings. The Kier molecular flexibility index (Phi) is 6.06. The smallest absolute Gasteiger partial charge is 0.257 e. The molecule has 0 radical (unpaired) electrons. The second-order valence-corrected chi connectivity index (χ2v) is 10.4. The van der Waals surface area contributed by atoms with Gasteiger partial charge in [0, 0.05) is 20.4 Å². The Bertz CT molecular complexity index is 1020. The minimum Gasteiger partial charge on any atom is -0.322 e. The Hall–Kier alpha value is -1.70. The molecule has 4 rings (SSSR count). The molecular weight excluding hydrogens is 536 g/mol. The average Bonchev–Trinajstić information content (AvgIpc) is 2.95. The number of nitrogens with zero attached hydrogens (tertiary/aromatic N) is 1. The highest BCUT2D eigenvalue weighted by atomic mass is 79.9. The fourth-order valence-corrected chi connectivity index (χ4v) is 5.54. The number of fused-ring (bicyclic) bond motifs is 1. The molecule has 0 bridgehead atoms. The number of alkyl halides is 2. The number of rotatable bonds is 3. The molecule has 8 heteroatoms. The summed E-state index contributed by atoms with van der Waals surface area (Å²) in [5.74, 6) is -1.63. The lowest BCUT2D eigenvalue weighted by Gasteiger charge is -2.29. The van der Waals surface area contributed by atoms with Crippen LogP contribution in [0.25, 0.3) is 0 Å². The van der Waals surface area contributed by atoms with Gasteiger partial charge in [-0.3, -0.25) is 14.4 Å². The van der Waals surface area contributed by atoms with E-state index in [0.717, 1.165) is 5.56 Å². The van der Waals surface area contributed by atoms with Gasteiger partial charge < -0.3 is 5.32 Å². The van der Waals surface area contributed by atoms with Crippen molar-refractivity contribution < 1.29 is 14.4 Å². The SMILES string of the molecule is Cc1c(Cl)cccc1NC(=O)c1ccccc1N1C(=O)[C@@H]2C[C@H](Br)[C@@H](Br)C[C@H]2C1=O. The lowest BCUT2D eigenvalue weighted by atomic mass is 9.81. The van der Waals surface area contributed by atoms with Crippen LogP contribution in [0.3, 0.4) is 0 Å². The summed E-state index contributed by atoms with van der Waals surface area (Å²) in [7, 11) is 0. The molecule has 2 aliphatic rings. The molecule has 2 fully saturated rings. The number of carbonyl (C=O) groups excluding carboxylic acids is 3. The molecule has 3 amide bonds. The third kappa shape index (κ3) is 3.72. The third-order valence-electron chi connectivity index (χ3n) is 5.82. The van der Waals surface area contributed by atoms with Gasteiger partial charge in [-0.15, -0.1) is 0 Å². The Morgan fingerprint density at radius 2 is 1.60 bits per heavy atom. The largest absolute Gasteiger partial charge is 0.322 e. The molecule has 1 heterocycles. The number of imide groups is 1. The zero-order valence-corrected chi connectivity index (χ0v) is 20.0. The summed E-state index contributed by atoms with van der Waals surface area (Å²) in [6.45, 7) is 1.81. The molecule has 0 spiro atoms. The van der Waals surface area contributed by atoms with Crippen LogP contribution in [0.2, 0.25) is 5.02 Å². The van der Waals surface area contributed by atoms with E-state index in [1.807, 2.05) is 6.92 Å². The lowest BCUT2D eigenvalue weighted by molar-refractivity contribution is -0.122. The number of anilines is 2. The molecule has 30 heavy (non-hydrogen) atoms. The summed E-state index contributed by atoms with van der Waals surface area (Å²) >= 11 is 13.3. The van der Waals surface area contributed by atoms with E-state index in [9.17, 15) is 14.4 Å². The molecule has 1 saturated heterocycles. The second-order valence-electron chi connectivity index (χ2n) is 7.61. The predicted molar refractivity (Wildman–Crippen MR) is 125 cm³/mol. The van der Waals surface area contributed by atoms with Gasteiger partial charge in [0.25, 0.3) is 5.91 Å². The zero-order chi connectivity index (χ0) is 21.6. The fraction of sp³-hybridized carbons (Fsp3) is 0.318. The standard InChI is InChI=1S/C22H19Br2ClN2O3/c1-11-17(25)6-4-7-18(11)26-20(28)12-5-2-3-8-19(12)27-21(29)13-9-15(23)16(24)10-14(13)22(27)30/h2-8,13-16H,9-10H2,1H3,(H,26,28)/t13-,14-,15+,16+/m1/s1. The van der Waals surface area contributed by atoms with Crippen molar-refractivity contribution in [3.05, 3.63) is 58.6 Å². The molecule has 0 aromatic heterocycles. The number of benzene rings is 2. The van der Waals surface area contributed by atoms with Gasteiger partial charge >= 0.3 is 0 Å². The first kappa shape index (κ1) is 21.5. The van der Waals surface area contributed by atoms with Gasteiger partial charge in [-0.1, -0.05) is 61.7 Å². The fourth-order valence-electron chi connectivity index (χ4n) is 4.13. The maximum Gasteiger partial charge on any atom is 0.257 e. The Labute approximate surface area is 196 Å². The van der Waals surface area contributed by atoms with Gasteiger partial charge in [0.2, 0.25) is 11.8 Å². The minimum atomic E-state index is -0.400. The highest BCUT2D eigenvalue weighted by Crippen LogP contribution is 2.45. The third-order valence-corrected chi connectivity index (χ3v) is 8.96. The van der Waals surface area contributed by atoms with Crippen molar-refractivity contribution in [3.63, 3.8) is 0 Å². The monoisotopic (exact) mass is 552 g/mol. The van der Waals surface area contributed by atoms with Crippen LogP contribution < -0.4 is 10.2 Å². The molecule has 1 saturated carbocycles. The van der Waals surface area contributed by atoms with Crippen LogP contribution in [-0.2, 0) is 9.59 Å². The summed E-state index contributed by atoms with van der Waals surface area (Å²) in [6.07, 6.45) is 1.16. The van der Waals surface area contributed by atoms with Crippen LogP contribution in [0.1, 0.15) is 28.8 Å². The van der Waals surface area contributed by atoms with E-state index in [0.29, 0.717) is 29.2 Å². The number of para-hydroxylation sites is 1. The van der Waals surface area contributed by atoms with E-state index in [1.165, 1.54) is 4.90 Å². The quantitative estimate of drug-likeness (QED) is 0.412. The van der Waals surface area contributed by atoms with Gasteiger partial charge in [-0.2, -0.15) is 0 Å². The van der Waals surface area contributed by atoms with Gasteiger partial charge in [0.1, 0.15) is 0 Å². The molecule has 5 nitrogen and oxygen atoms in total. The minimum absolute atomic E-state index is 0.125. The normalized spacial score (nSPS) is 25.9. The highest BCUT2D eigenvalue weighted by molar-refractivity contribution is 9.12. The molecular formula is C22H19Br2ClN2O3. The molecule has 1 aliphatic carbocycles. The van der Waals surface area contributed by atoms with Crippen LogP contribution in [0.5, 0.6) is 0 Å². The number of halogens is 3. The summed E-state index contributed by atoms with van der Waals surface area (Å²) in [5.41, 5.74) is 1.91. The lowest BCUT2D eigenvalue weighted by Crippen LogP contribution is -2.34. The second kappa shape index (κ2) is 8.44. The maximum atomic E-state index is 13.2. The van der Waals surface area contributed by atoms with E-state index < -0.39 is 5.91 Å². The van der Waals surface area contributed by atoms with Crippen molar-refractivity contribution in [2.75, 3.05) is 10.2 Å². The van der Waals surface area contributed by atoms with Gasteiger partial charge in [0.15, 0.2) is 0 Å². The van der Waals surface area contributed by atoms with Gasteiger partial charge in [0.05, 0.1) is 23.1 Å². The first-order valence-electron chi connectivity index (χ1n) is 9.61. The van der Waals surface area contributed by atoms with Crippen LogP contribution in [0.4, 0.5) is 11.4 Å². The number of hydrogen-bond donors (Lipinski definition) is 1. The van der Waals surface area contributed by atoms with Crippen molar-refractivity contribution in [1.82, 2.24) is 0 Å². The Balaban J connectivity index is 1.67. The zero-order valence-electron chi connectivity index (χ0n) is 16.1. The molecule has 4 atom stereocenters. The van der Waals surface area contributed by atoms with Crippen LogP contribution in [0, 0.1) is 18.8 Å². The van der Waals surface area contributed by atoms with Gasteiger partial charge in [-0.25, -0.2) is 4.90 Å². The van der Waals surface area contributed by atoms with E-state index in [2.05, 4.69) is 37.2 Å². The summed E-state index contributed by atoms with van der Waals surface area (Å²) in [4.78, 5) is 40.8. The Morgan fingerprint density at radius 1 is 1.00 bits per heavy atom. The first-order chi connectivity index (χ1) is 14.3. The van der Waals surface area contributed by atoms with Crippen LogP contribution in [0.15, 0.2) is 42.5 Å². The summed E-state index contributed by atoms with van der Waals surface area (Å²) in [5, 5.41) is 3.40. The maximum absolute atomic E-state index is 13.2. The molecule has 1 aliphatic heterocycles. The number of amides is 3. The molecule has 1 N–H and O–H groups in total. The predicted octanol–water partition coefficient (Wildman–Crippen LogP) is 5.33. The van der Waals surface area contributed by atoms with Crippen molar-refractivity contribution in [1.29, 1.82) is 0 Å². The summed E-state index contributed by atoms with van der Waals surface area (Å²) in [6, 6.07) is 12.0. The van der Waals surface area contributed by atoms with Crippen molar-refractivity contribution in [2.45, 2.75) is 29.4 Å². The van der Waals surface area contributed by atoms with Crippen LogP contribution in [-0.4, -0.2) is 27.4 Å². The van der Waals surface area contributed by atoms with E-state index in [4.69, 9.17) is 11.6 Å². The number of hydrogen-bond acceptors (Lipinski definition) is 3. The van der Waals surface area contributed by atoms with Crippen LogP contribution >= 0.6 is 43.5 Å². The van der Waals surface area contributed by atoms with E-state index >= 15 is 0 Å². The van der Waals surface area contributed by atoms with Crippen molar-refractivity contribution in [3.8, 4) is 0 Å². The average molecular weight is 555 g/mol. The van der Waals surface area contributed by atoms with E-state index in [-0.39, 0.29) is 38.9 Å². The highest BCUT2D eigenvalue weighted by Gasteiger charge is 2.52. The van der Waals surface area contributed by atoms with Crippen molar-refractivity contribution >= 4 is 72.6 Å². The topological polar surface area (TPSA) is 66.5 Å². The van der Waals surface area contributed by atoms with Gasteiger partial charge in [-0.05, 0) is 49.6 Å². The Morgan fingerprint density at radius 3 is 2.23 bits per heavy atom.